The number of fused-ring (bicyclic) bond motifs is 1. The lowest BCUT2D eigenvalue weighted by Crippen LogP contribution is -2.43. The molecule has 0 aliphatic rings. The van der Waals surface area contributed by atoms with Gasteiger partial charge in [0, 0.05) is 24.4 Å². The monoisotopic (exact) mass is 401 g/mol. The van der Waals surface area contributed by atoms with Crippen LogP contribution in [0.5, 0.6) is 0 Å². The first-order valence-electron chi connectivity index (χ1n) is 9.51. The Morgan fingerprint density at radius 2 is 1.67 bits per heavy atom. The van der Waals surface area contributed by atoms with Crippen molar-refractivity contribution in [2.45, 2.75) is 70.2 Å². The molecule has 6 heteroatoms. The molecule has 0 amide bonds. The number of hydrogen-bond acceptors (Lipinski definition) is 4. The highest BCUT2D eigenvalue weighted by atomic mass is 32.2. The number of aryl methyl sites for hydroxylation is 1. The van der Waals surface area contributed by atoms with Crippen LogP contribution < -0.4 is 5.56 Å². The SMILES string of the molecule is CSc1ncc2c(C#C[Si](C(C)C)(C(C)C)C(C)C)c(C)c(=O)n(C)c2n1. The molecule has 146 valence electrons. The van der Waals surface area contributed by atoms with E-state index < -0.39 is 8.07 Å². The molecule has 0 atom stereocenters. The molecule has 0 aliphatic carbocycles. The summed E-state index contributed by atoms with van der Waals surface area (Å²) in [5, 5.41) is 1.52. The van der Waals surface area contributed by atoms with Crippen molar-refractivity contribution in [1.82, 2.24) is 14.5 Å². The Bertz CT molecular complexity index is 945. The molecule has 0 bridgehead atoms. The predicted octanol–water partition coefficient (Wildman–Crippen LogP) is 4.93. The van der Waals surface area contributed by atoms with Gasteiger partial charge in [0.2, 0.25) is 0 Å². The molecule has 2 heterocycles. The fourth-order valence-corrected chi connectivity index (χ4v) is 9.85. The topological polar surface area (TPSA) is 47.8 Å². The first kappa shape index (κ1) is 21.7. The van der Waals surface area contributed by atoms with Crippen LogP contribution in [0, 0.1) is 18.4 Å². The Labute approximate surface area is 168 Å². The van der Waals surface area contributed by atoms with E-state index in [1.54, 1.807) is 11.6 Å². The minimum Gasteiger partial charge on any atom is -0.295 e. The molecule has 0 radical (unpaired) electrons. The number of thioether (sulfide) groups is 1. The van der Waals surface area contributed by atoms with Crippen molar-refractivity contribution in [3.63, 3.8) is 0 Å². The van der Waals surface area contributed by atoms with E-state index in [0.717, 1.165) is 10.9 Å². The van der Waals surface area contributed by atoms with Crippen LogP contribution >= 0.6 is 11.8 Å². The summed E-state index contributed by atoms with van der Waals surface area (Å²) in [5.41, 5.74) is 7.45. The van der Waals surface area contributed by atoms with Crippen LogP contribution in [-0.4, -0.2) is 28.9 Å². The number of aromatic nitrogens is 3. The highest BCUT2D eigenvalue weighted by Crippen LogP contribution is 2.40. The van der Waals surface area contributed by atoms with Crippen LogP contribution in [-0.2, 0) is 7.05 Å². The average Bonchev–Trinajstić information content (AvgIpc) is 2.61. The third kappa shape index (κ3) is 3.72. The van der Waals surface area contributed by atoms with Gasteiger partial charge in [-0.3, -0.25) is 9.36 Å². The van der Waals surface area contributed by atoms with Gasteiger partial charge in [-0.1, -0.05) is 59.2 Å². The lowest BCUT2D eigenvalue weighted by Gasteiger charge is -2.38. The molecule has 0 unspecified atom stereocenters. The largest absolute Gasteiger partial charge is 0.295 e. The van der Waals surface area contributed by atoms with Gasteiger partial charge in [0.25, 0.3) is 5.56 Å². The summed E-state index contributed by atoms with van der Waals surface area (Å²) in [6.45, 7) is 15.6. The third-order valence-electron chi connectivity index (χ3n) is 5.79. The lowest BCUT2D eigenvalue weighted by molar-refractivity contribution is 0.838. The first-order valence-corrected chi connectivity index (χ1v) is 13.0. The third-order valence-corrected chi connectivity index (χ3v) is 12.6. The molecule has 2 aromatic rings. The highest BCUT2D eigenvalue weighted by Gasteiger charge is 2.41. The summed E-state index contributed by atoms with van der Waals surface area (Å²) in [7, 11) is -0.119. The Balaban J connectivity index is 2.85. The van der Waals surface area contributed by atoms with E-state index >= 15 is 0 Å². The van der Waals surface area contributed by atoms with E-state index in [0.29, 0.717) is 33.0 Å². The van der Waals surface area contributed by atoms with Crippen LogP contribution in [0.1, 0.15) is 52.7 Å². The zero-order valence-electron chi connectivity index (χ0n) is 18.0. The van der Waals surface area contributed by atoms with Gasteiger partial charge in [0.15, 0.2) is 5.16 Å². The van der Waals surface area contributed by atoms with Crippen molar-refractivity contribution in [2.24, 2.45) is 7.05 Å². The van der Waals surface area contributed by atoms with Crippen molar-refractivity contribution in [1.29, 1.82) is 0 Å². The molecular weight excluding hydrogens is 370 g/mol. The zero-order valence-corrected chi connectivity index (χ0v) is 19.8. The van der Waals surface area contributed by atoms with Gasteiger partial charge < -0.3 is 0 Å². The quantitative estimate of drug-likeness (QED) is 0.315. The van der Waals surface area contributed by atoms with E-state index in [4.69, 9.17) is 0 Å². The molecule has 4 nitrogen and oxygen atoms in total. The smallest absolute Gasteiger partial charge is 0.256 e. The Morgan fingerprint density at radius 3 is 2.15 bits per heavy atom. The van der Waals surface area contributed by atoms with Crippen molar-refractivity contribution in [3.05, 3.63) is 27.7 Å². The molecule has 0 saturated carbocycles. The Hall–Kier alpha value is -1.58. The second-order valence-corrected chi connectivity index (χ2v) is 14.5. The van der Waals surface area contributed by atoms with Crippen LogP contribution in [0.25, 0.3) is 11.0 Å². The van der Waals surface area contributed by atoms with Crippen LogP contribution in [0.2, 0.25) is 16.6 Å². The average molecular weight is 402 g/mol. The van der Waals surface area contributed by atoms with E-state index in [9.17, 15) is 4.79 Å². The summed E-state index contributed by atoms with van der Waals surface area (Å²) in [6.07, 6.45) is 3.75. The maximum absolute atomic E-state index is 12.8. The highest BCUT2D eigenvalue weighted by molar-refractivity contribution is 7.98. The van der Waals surface area contributed by atoms with E-state index in [1.165, 1.54) is 11.8 Å². The Morgan fingerprint density at radius 1 is 1.11 bits per heavy atom. The van der Waals surface area contributed by atoms with E-state index in [-0.39, 0.29) is 5.56 Å². The van der Waals surface area contributed by atoms with Crippen LogP contribution in [0.3, 0.4) is 0 Å². The summed E-state index contributed by atoms with van der Waals surface area (Å²) >= 11 is 1.47. The number of nitrogens with zero attached hydrogens (tertiary/aromatic N) is 3. The molecule has 0 fully saturated rings. The fraction of sp³-hybridized carbons (Fsp3) is 0.571. The van der Waals surface area contributed by atoms with Crippen molar-refractivity contribution in [2.75, 3.05) is 6.26 Å². The second-order valence-electron chi connectivity index (χ2n) is 8.11. The molecule has 0 spiro atoms. The van der Waals surface area contributed by atoms with Gasteiger partial charge in [-0.15, -0.1) is 5.54 Å². The normalized spacial score (nSPS) is 12.1. The maximum atomic E-state index is 12.8. The first-order chi connectivity index (χ1) is 12.6. The van der Waals surface area contributed by atoms with Gasteiger partial charge in [-0.2, -0.15) is 0 Å². The summed E-state index contributed by atoms with van der Waals surface area (Å²) < 4.78 is 1.61. The summed E-state index contributed by atoms with van der Waals surface area (Å²) in [5.74, 6) is 3.46. The van der Waals surface area contributed by atoms with Crippen LogP contribution in [0.4, 0.5) is 0 Å². The van der Waals surface area contributed by atoms with Gasteiger partial charge >= 0.3 is 0 Å². The molecule has 2 rings (SSSR count). The fourth-order valence-electron chi connectivity index (χ4n) is 4.31. The van der Waals surface area contributed by atoms with Crippen molar-refractivity contribution >= 4 is 30.9 Å². The second kappa shape index (κ2) is 8.20. The summed E-state index contributed by atoms with van der Waals surface area (Å²) in [6, 6.07) is 0. The molecule has 27 heavy (non-hydrogen) atoms. The van der Waals surface area contributed by atoms with Crippen molar-refractivity contribution < 1.29 is 0 Å². The molecule has 0 aliphatic heterocycles. The zero-order chi connectivity index (χ0) is 20.5. The molecule has 2 aromatic heterocycles. The van der Waals surface area contributed by atoms with E-state index in [2.05, 4.69) is 63.0 Å². The molecular formula is C21H31N3OSSi. The predicted molar refractivity (Wildman–Crippen MR) is 119 cm³/mol. The Kier molecular flexibility index (Phi) is 6.59. The number of pyridine rings is 1. The van der Waals surface area contributed by atoms with E-state index in [1.807, 2.05) is 19.4 Å². The van der Waals surface area contributed by atoms with Gasteiger partial charge in [0.05, 0.1) is 5.39 Å². The van der Waals surface area contributed by atoms with Gasteiger partial charge in [-0.05, 0) is 29.8 Å². The number of hydrogen-bond donors (Lipinski definition) is 0. The minimum atomic E-state index is -1.88. The van der Waals surface area contributed by atoms with Crippen LogP contribution in [0.15, 0.2) is 16.1 Å². The standard InChI is InChI=1S/C21H31N3OSSi/c1-13(2)27(14(3)4,15(5)6)11-10-17-16(7)20(25)24(8)19-18(17)12-22-21(23-19)26-9/h12-15H,1-9H3. The van der Waals surface area contributed by atoms with Gasteiger partial charge in [-0.25, -0.2) is 9.97 Å². The lowest BCUT2D eigenvalue weighted by atomic mass is 10.1. The summed E-state index contributed by atoms with van der Waals surface area (Å²) in [4.78, 5) is 21.8. The molecule has 0 saturated heterocycles. The molecule has 0 aromatic carbocycles. The minimum absolute atomic E-state index is 0.0385. The van der Waals surface area contributed by atoms with Gasteiger partial charge in [0.1, 0.15) is 13.7 Å². The molecule has 0 N–H and O–H groups in total. The maximum Gasteiger partial charge on any atom is 0.256 e. The van der Waals surface area contributed by atoms with Crippen molar-refractivity contribution in [3.8, 4) is 11.5 Å². The number of rotatable bonds is 4.